The smallest absolute Gasteiger partial charge is 0.297 e. The highest BCUT2D eigenvalue weighted by molar-refractivity contribution is 7.51. The van der Waals surface area contributed by atoms with Crippen LogP contribution in [0, 0.1) is 0 Å². The highest BCUT2D eigenvalue weighted by Crippen LogP contribution is 2.54. The minimum absolute atomic E-state index is 0.239. The third kappa shape index (κ3) is 5.06. The summed E-state index contributed by atoms with van der Waals surface area (Å²) in [7, 11) is -3.61. The first-order chi connectivity index (χ1) is 14.5. The summed E-state index contributed by atoms with van der Waals surface area (Å²) in [5.41, 5.74) is 1.93. The molecule has 3 rings (SSSR count). The quantitative estimate of drug-likeness (QED) is 0.415. The molecule has 2 unspecified atom stereocenters. The van der Waals surface area contributed by atoms with Crippen LogP contribution in [-0.4, -0.2) is 41.2 Å². The van der Waals surface area contributed by atoms with E-state index in [1.165, 1.54) is 0 Å². The lowest BCUT2D eigenvalue weighted by molar-refractivity contribution is 0.0766. The normalized spacial score (nSPS) is 18.0. The molecule has 2 aromatic rings. The van der Waals surface area contributed by atoms with E-state index in [4.69, 9.17) is 9.05 Å². The maximum atomic E-state index is 13.7. The molecule has 1 aliphatic rings. The molecular weight excluding hydrogens is 399 g/mol. The molecule has 1 aromatic carbocycles. The lowest BCUT2D eigenvalue weighted by Crippen LogP contribution is -2.31. The van der Waals surface area contributed by atoms with Crippen LogP contribution in [0.1, 0.15) is 62.5 Å². The van der Waals surface area contributed by atoms with Gasteiger partial charge in [0, 0.05) is 24.0 Å². The van der Waals surface area contributed by atoms with Crippen LogP contribution >= 0.6 is 7.75 Å². The van der Waals surface area contributed by atoms with Gasteiger partial charge in [-0.05, 0) is 44.1 Å². The molecule has 1 heterocycles. The lowest BCUT2D eigenvalue weighted by Gasteiger charge is -2.32. The number of benzene rings is 1. The summed E-state index contributed by atoms with van der Waals surface area (Å²) in [6, 6.07) is 9.50. The van der Waals surface area contributed by atoms with E-state index < -0.39 is 13.9 Å². The Morgan fingerprint density at radius 2 is 1.80 bits per heavy atom. The Labute approximate surface area is 178 Å². The monoisotopic (exact) mass is 430 g/mol. The van der Waals surface area contributed by atoms with Crippen molar-refractivity contribution in [2.75, 3.05) is 19.7 Å². The third-order valence-corrected chi connectivity index (χ3v) is 7.30. The summed E-state index contributed by atoms with van der Waals surface area (Å²) in [5.74, 6) is -0.239. The molecule has 0 bridgehead atoms. The molecule has 0 saturated carbocycles. The van der Waals surface area contributed by atoms with Crippen molar-refractivity contribution in [1.29, 1.82) is 0 Å². The van der Waals surface area contributed by atoms with Crippen molar-refractivity contribution in [2.45, 2.75) is 52.6 Å². The second-order valence-electron chi connectivity index (χ2n) is 7.41. The Morgan fingerprint density at radius 1 is 1.10 bits per heavy atom. The number of hydrogen-bond acceptors (Lipinski definition) is 5. The van der Waals surface area contributed by atoms with E-state index in [0.29, 0.717) is 24.3 Å². The third-order valence-electron chi connectivity index (χ3n) is 5.13. The number of carbonyl (C=O) groups is 1. The molecule has 30 heavy (non-hydrogen) atoms. The van der Waals surface area contributed by atoms with Gasteiger partial charge in [0.05, 0.1) is 17.8 Å². The van der Waals surface area contributed by atoms with Gasteiger partial charge in [0.15, 0.2) is 5.78 Å². The highest BCUT2D eigenvalue weighted by atomic mass is 31.2. The predicted octanol–water partition coefficient (Wildman–Crippen LogP) is 5.88. The van der Waals surface area contributed by atoms with Gasteiger partial charge >= 0.3 is 7.75 Å². The number of pyridine rings is 1. The average molecular weight is 430 g/mol. The van der Waals surface area contributed by atoms with Gasteiger partial charge in [0.1, 0.15) is 6.10 Å². The number of ketones is 1. The Morgan fingerprint density at radius 3 is 2.47 bits per heavy atom. The highest BCUT2D eigenvalue weighted by Gasteiger charge is 2.38. The number of rotatable bonds is 11. The SMILES string of the molecule is CCCCN(CCCC)P(=O)(OCC)OC1C=Cc2nc3ccccc3cc2C1=O. The van der Waals surface area contributed by atoms with Crippen molar-refractivity contribution in [2.24, 2.45) is 0 Å². The van der Waals surface area contributed by atoms with Crippen LogP contribution < -0.4 is 0 Å². The first kappa shape index (κ1) is 22.8. The Hall–Kier alpha value is -1.85. The zero-order chi connectivity index (χ0) is 21.6. The summed E-state index contributed by atoms with van der Waals surface area (Å²) < 4.78 is 27.1. The van der Waals surface area contributed by atoms with Crippen LogP contribution in [0.5, 0.6) is 0 Å². The molecule has 0 spiro atoms. The van der Waals surface area contributed by atoms with E-state index >= 15 is 0 Å². The lowest BCUT2D eigenvalue weighted by atomic mass is 9.97. The number of para-hydroxylation sites is 1. The van der Waals surface area contributed by atoms with Gasteiger partial charge in [-0.25, -0.2) is 14.2 Å². The van der Waals surface area contributed by atoms with Crippen LogP contribution in [0.25, 0.3) is 17.0 Å². The van der Waals surface area contributed by atoms with Gasteiger partial charge in [-0.2, -0.15) is 0 Å². The largest absolute Gasteiger partial charge is 0.409 e. The summed E-state index contributed by atoms with van der Waals surface area (Å²) >= 11 is 0. The number of Topliss-reactive ketones (excluding diaryl/α,β-unsaturated/α-hetero) is 1. The van der Waals surface area contributed by atoms with Crippen LogP contribution in [0.15, 0.2) is 36.4 Å². The minimum atomic E-state index is -3.61. The number of aromatic nitrogens is 1. The van der Waals surface area contributed by atoms with Crippen molar-refractivity contribution >= 4 is 30.5 Å². The molecule has 0 aliphatic heterocycles. The molecule has 0 saturated heterocycles. The number of nitrogens with zero attached hydrogens (tertiary/aromatic N) is 2. The van der Waals surface area contributed by atoms with Crippen LogP contribution in [0.4, 0.5) is 0 Å². The number of unbranched alkanes of at least 4 members (excludes halogenated alkanes) is 2. The fourth-order valence-corrected chi connectivity index (χ4v) is 5.39. The number of fused-ring (bicyclic) bond motifs is 2. The standard InChI is InChI=1S/C23H31N2O4P/c1-4-7-15-25(16-8-5-2)30(27,28-6-3)29-22-14-13-21-19(23(22)26)17-18-11-9-10-12-20(18)24-21/h9-14,17,22H,4-8,15-16H2,1-3H3. The molecule has 2 atom stereocenters. The Bertz CT molecular complexity index is 951. The fourth-order valence-electron chi connectivity index (χ4n) is 3.48. The second kappa shape index (κ2) is 10.5. The number of hydrogen-bond donors (Lipinski definition) is 0. The van der Waals surface area contributed by atoms with E-state index in [9.17, 15) is 9.36 Å². The first-order valence-corrected chi connectivity index (χ1v) is 12.3. The Balaban J connectivity index is 1.88. The van der Waals surface area contributed by atoms with Gasteiger partial charge in [-0.1, -0.05) is 44.9 Å². The van der Waals surface area contributed by atoms with E-state index in [1.807, 2.05) is 30.3 Å². The van der Waals surface area contributed by atoms with E-state index in [0.717, 1.165) is 36.6 Å². The first-order valence-electron chi connectivity index (χ1n) is 10.8. The van der Waals surface area contributed by atoms with Gasteiger partial charge in [0.2, 0.25) is 0 Å². The second-order valence-corrected chi connectivity index (χ2v) is 9.38. The maximum Gasteiger partial charge on any atom is 0.409 e. The van der Waals surface area contributed by atoms with Gasteiger partial charge in [-0.15, -0.1) is 0 Å². The van der Waals surface area contributed by atoms with E-state index in [2.05, 4.69) is 18.8 Å². The summed E-state index contributed by atoms with van der Waals surface area (Å²) in [6.45, 7) is 7.44. The zero-order valence-electron chi connectivity index (χ0n) is 18.0. The zero-order valence-corrected chi connectivity index (χ0v) is 18.9. The minimum Gasteiger partial charge on any atom is -0.297 e. The summed E-state index contributed by atoms with van der Waals surface area (Å²) in [6.07, 6.45) is 6.17. The molecule has 0 fully saturated rings. The molecule has 1 aromatic heterocycles. The fraction of sp³-hybridized carbons (Fsp3) is 0.478. The predicted molar refractivity (Wildman–Crippen MR) is 121 cm³/mol. The molecule has 1 aliphatic carbocycles. The molecule has 162 valence electrons. The molecule has 0 N–H and O–H groups in total. The summed E-state index contributed by atoms with van der Waals surface area (Å²) in [4.78, 5) is 17.8. The van der Waals surface area contributed by atoms with Crippen molar-refractivity contribution in [3.8, 4) is 0 Å². The molecule has 0 amide bonds. The molecule has 7 heteroatoms. The molecule has 6 nitrogen and oxygen atoms in total. The van der Waals surface area contributed by atoms with Crippen LogP contribution in [0.3, 0.4) is 0 Å². The van der Waals surface area contributed by atoms with E-state index in [1.54, 1.807) is 23.7 Å². The van der Waals surface area contributed by atoms with Crippen molar-refractivity contribution in [3.05, 3.63) is 47.7 Å². The maximum absolute atomic E-state index is 13.7. The summed E-state index contributed by atoms with van der Waals surface area (Å²) in [5, 5.41) is 0.888. The average Bonchev–Trinajstić information content (AvgIpc) is 2.75. The molecule has 0 radical (unpaired) electrons. The van der Waals surface area contributed by atoms with Crippen molar-refractivity contribution in [1.82, 2.24) is 9.65 Å². The van der Waals surface area contributed by atoms with Gasteiger partial charge in [0.25, 0.3) is 0 Å². The molecular formula is C23H31N2O4P. The van der Waals surface area contributed by atoms with Crippen molar-refractivity contribution in [3.63, 3.8) is 0 Å². The van der Waals surface area contributed by atoms with Crippen LogP contribution in [-0.2, 0) is 13.6 Å². The van der Waals surface area contributed by atoms with Gasteiger partial charge in [-0.3, -0.25) is 13.8 Å². The number of carbonyl (C=O) groups excluding carboxylic acids is 1. The topological polar surface area (TPSA) is 68.7 Å². The van der Waals surface area contributed by atoms with Crippen molar-refractivity contribution < 1.29 is 18.4 Å². The van der Waals surface area contributed by atoms with Gasteiger partial charge < -0.3 is 0 Å². The van der Waals surface area contributed by atoms with E-state index in [-0.39, 0.29) is 12.4 Å². The Kier molecular flexibility index (Phi) is 7.95. The van der Waals surface area contributed by atoms with Crippen LogP contribution in [0.2, 0.25) is 0 Å².